The van der Waals surface area contributed by atoms with Crippen LogP contribution in [0.3, 0.4) is 0 Å². The molecule has 2 rings (SSSR count). The van der Waals surface area contributed by atoms with Crippen LogP contribution in [-0.2, 0) is 10.0 Å². The molecule has 0 saturated heterocycles. The van der Waals surface area contributed by atoms with E-state index in [1.54, 1.807) is 0 Å². The van der Waals surface area contributed by atoms with Crippen molar-refractivity contribution < 1.29 is 22.5 Å². The first-order valence-electron chi connectivity index (χ1n) is 6.05. The molecule has 122 valence electrons. The highest BCUT2D eigenvalue weighted by molar-refractivity contribution is 7.92. The average molecular weight is 361 g/mol. The van der Waals surface area contributed by atoms with Crippen molar-refractivity contribution >= 4 is 33.0 Å². The van der Waals surface area contributed by atoms with Gasteiger partial charge in [-0.1, -0.05) is 11.6 Å². The molecule has 2 aromatic rings. The highest BCUT2D eigenvalue weighted by Crippen LogP contribution is 2.31. The second-order valence-electron chi connectivity index (χ2n) is 4.32. The number of sulfonamides is 1. The van der Waals surface area contributed by atoms with Crippen molar-refractivity contribution in [2.75, 3.05) is 11.8 Å². The summed E-state index contributed by atoms with van der Waals surface area (Å²) in [5.41, 5.74) is -0.442. The van der Waals surface area contributed by atoms with Crippen LogP contribution in [-0.4, -0.2) is 20.5 Å². The van der Waals surface area contributed by atoms with E-state index < -0.39 is 20.8 Å². The van der Waals surface area contributed by atoms with Gasteiger partial charge in [-0.05, 0) is 24.3 Å². The summed E-state index contributed by atoms with van der Waals surface area (Å²) in [6, 6.07) is 6.30. The third-order valence-corrected chi connectivity index (χ3v) is 4.49. The van der Waals surface area contributed by atoms with Crippen molar-refractivity contribution in [3.8, 4) is 5.75 Å². The highest BCUT2D eigenvalue weighted by Gasteiger charge is 2.20. The SMILES string of the molecule is COc1ccc([N+](=O)[O-])cc1NS(=O)(=O)c1ccc(F)c(Cl)c1. The van der Waals surface area contributed by atoms with Crippen molar-refractivity contribution in [2.45, 2.75) is 4.90 Å². The van der Waals surface area contributed by atoms with Gasteiger partial charge in [-0.15, -0.1) is 0 Å². The molecule has 0 aliphatic rings. The summed E-state index contributed by atoms with van der Waals surface area (Å²) in [6.07, 6.45) is 0. The Hall–Kier alpha value is -2.39. The van der Waals surface area contributed by atoms with Gasteiger partial charge in [0.2, 0.25) is 0 Å². The molecule has 7 nitrogen and oxygen atoms in total. The van der Waals surface area contributed by atoms with Gasteiger partial charge in [-0.2, -0.15) is 0 Å². The van der Waals surface area contributed by atoms with Crippen LogP contribution < -0.4 is 9.46 Å². The number of hydrogen-bond donors (Lipinski definition) is 1. The van der Waals surface area contributed by atoms with Crippen molar-refractivity contribution in [2.24, 2.45) is 0 Å². The molecule has 10 heteroatoms. The number of anilines is 1. The normalized spacial score (nSPS) is 11.1. The maximum Gasteiger partial charge on any atom is 0.271 e. The van der Waals surface area contributed by atoms with Gasteiger partial charge >= 0.3 is 0 Å². The first kappa shape index (κ1) is 17.0. The molecule has 0 saturated carbocycles. The number of nitro groups is 1. The molecule has 2 aromatic carbocycles. The third kappa shape index (κ3) is 3.69. The van der Waals surface area contributed by atoms with E-state index in [4.69, 9.17) is 16.3 Å². The molecule has 0 atom stereocenters. The molecule has 0 aliphatic carbocycles. The van der Waals surface area contributed by atoms with Crippen molar-refractivity contribution in [3.05, 3.63) is 57.4 Å². The molecule has 0 spiro atoms. The van der Waals surface area contributed by atoms with Crippen LogP contribution >= 0.6 is 11.6 Å². The van der Waals surface area contributed by atoms with Crippen LogP contribution in [0, 0.1) is 15.9 Å². The van der Waals surface area contributed by atoms with E-state index in [1.807, 2.05) is 0 Å². The maximum absolute atomic E-state index is 13.1. The van der Waals surface area contributed by atoms with Gasteiger partial charge in [0.15, 0.2) is 0 Å². The van der Waals surface area contributed by atoms with Crippen LogP contribution in [0.5, 0.6) is 5.75 Å². The predicted molar refractivity (Wildman–Crippen MR) is 81.9 cm³/mol. The Morgan fingerprint density at radius 3 is 2.52 bits per heavy atom. The topological polar surface area (TPSA) is 98.5 Å². The number of halogens is 2. The molecule has 0 heterocycles. The summed E-state index contributed by atoms with van der Waals surface area (Å²) in [7, 11) is -2.85. The number of nitrogens with zero attached hydrogens (tertiary/aromatic N) is 1. The molecule has 23 heavy (non-hydrogen) atoms. The fourth-order valence-electron chi connectivity index (χ4n) is 1.74. The van der Waals surface area contributed by atoms with Gasteiger partial charge in [0.25, 0.3) is 15.7 Å². The number of hydrogen-bond acceptors (Lipinski definition) is 5. The molecule has 0 amide bonds. The maximum atomic E-state index is 13.1. The Kier molecular flexibility index (Phi) is 4.71. The lowest BCUT2D eigenvalue weighted by atomic mass is 10.2. The van der Waals surface area contributed by atoms with Crippen LogP contribution in [0.2, 0.25) is 5.02 Å². The van der Waals surface area contributed by atoms with E-state index in [2.05, 4.69) is 4.72 Å². The fraction of sp³-hybridized carbons (Fsp3) is 0.0769. The molecule has 1 N–H and O–H groups in total. The number of nitrogens with one attached hydrogen (secondary N) is 1. The monoisotopic (exact) mass is 360 g/mol. The van der Waals surface area contributed by atoms with E-state index in [1.165, 1.54) is 19.2 Å². The highest BCUT2D eigenvalue weighted by atomic mass is 35.5. The number of non-ortho nitro benzene ring substituents is 1. The van der Waals surface area contributed by atoms with Gasteiger partial charge in [0, 0.05) is 12.1 Å². The number of nitro benzene ring substituents is 1. The quantitative estimate of drug-likeness (QED) is 0.652. The molecular formula is C13H10ClFN2O5S. The number of methoxy groups -OCH3 is 1. The summed E-state index contributed by atoms with van der Waals surface area (Å²) in [5.74, 6) is -0.675. The summed E-state index contributed by atoms with van der Waals surface area (Å²) < 4.78 is 44.9. The smallest absolute Gasteiger partial charge is 0.271 e. The number of ether oxygens (including phenoxy) is 1. The standard InChI is InChI=1S/C13H10ClFN2O5S/c1-22-13-5-2-8(17(18)19)6-12(13)16-23(20,21)9-3-4-11(15)10(14)7-9/h2-7,16H,1H3. The van der Waals surface area contributed by atoms with Crippen LogP contribution in [0.15, 0.2) is 41.3 Å². The molecule has 0 fully saturated rings. The summed E-state index contributed by atoms with van der Waals surface area (Å²) in [5, 5.41) is 10.4. The van der Waals surface area contributed by atoms with Gasteiger partial charge in [-0.3, -0.25) is 14.8 Å². The molecule has 0 radical (unpaired) electrons. The van der Waals surface area contributed by atoms with Crippen LogP contribution in [0.25, 0.3) is 0 Å². The predicted octanol–water partition coefficient (Wildman–Crippen LogP) is 3.20. The van der Waals surface area contributed by atoms with E-state index in [0.717, 1.165) is 24.3 Å². The zero-order valence-electron chi connectivity index (χ0n) is 11.6. The lowest BCUT2D eigenvalue weighted by Gasteiger charge is -2.12. The van der Waals surface area contributed by atoms with E-state index >= 15 is 0 Å². The minimum absolute atomic E-state index is 0.0902. The first-order valence-corrected chi connectivity index (χ1v) is 7.91. The van der Waals surface area contributed by atoms with Crippen LogP contribution in [0.4, 0.5) is 15.8 Å². The molecule has 0 unspecified atom stereocenters. The third-order valence-electron chi connectivity index (χ3n) is 2.84. The van der Waals surface area contributed by atoms with Crippen molar-refractivity contribution in [1.82, 2.24) is 0 Å². The molecule has 0 bridgehead atoms. The molecule has 0 aliphatic heterocycles. The second-order valence-corrected chi connectivity index (χ2v) is 6.41. The zero-order valence-corrected chi connectivity index (χ0v) is 13.2. The minimum Gasteiger partial charge on any atom is -0.495 e. The van der Waals surface area contributed by atoms with Gasteiger partial charge in [0.1, 0.15) is 11.6 Å². The minimum atomic E-state index is -4.13. The van der Waals surface area contributed by atoms with Gasteiger partial charge < -0.3 is 4.74 Å². The van der Waals surface area contributed by atoms with Gasteiger partial charge in [0.05, 0.1) is 27.6 Å². The Bertz CT molecular complexity index is 873. The Morgan fingerprint density at radius 1 is 1.26 bits per heavy atom. The van der Waals surface area contributed by atoms with E-state index in [0.29, 0.717) is 0 Å². The fourth-order valence-corrected chi connectivity index (χ4v) is 3.07. The summed E-state index contributed by atoms with van der Waals surface area (Å²) in [4.78, 5) is 9.83. The van der Waals surface area contributed by atoms with Crippen molar-refractivity contribution in [1.29, 1.82) is 0 Å². The lowest BCUT2D eigenvalue weighted by Crippen LogP contribution is -2.14. The Morgan fingerprint density at radius 2 is 1.96 bits per heavy atom. The first-order chi connectivity index (χ1) is 10.7. The number of benzene rings is 2. The lowest BCUT2D eigenvalue weighted by molar-refractivity contribution is -0.384. The summed E-state index contributed by atoms with van der Waals surface area (Å²) >= 11 is 5.57. The van der Waals surface area contributed by atoms with E-state index in [9.17, 15) is 22.9 Å². The van der Waals surface area contributed by atoms with Crippen molar-refractivity contribution in [3.63, 3.8) is 0 Å². The summed E-state index contributed by atoms with van der Waals surface area (Å²) in [6.45, 7) is 0. The average Bonchev–Trinajstić information content (AvgIpc) is 2.49. The van der Waals surface area contributed by atoms with E-state index in [-0.39, 0.29) is 27.0 Å². The van der Waals surface area contributed by atoms with Gasteiger partial charge in [-0.25, -0.2) is 12.8 Å². The Balaban J connectivity index is 2.45. The molecule has 0 aromatic heterocycles. The molecular weight excluding hydrogens is 351 g/mol. The number of rotatable bonds is 5. The van der Waals surface area contributed by atoms with Crippen LogP contribution in [0.1, 0.15) is 0 Å². The second kappa shape index (κ2) is 6.39. The zero-order chi connectivity index (χ0) is 17.2. The largest absolute Gasteiger partial charge is 0.495 e. The Labute approximate surface area is 135 Å².